The van der Waals surface area contributed by atoms with Gasteiger partial charge in [-0.05, 0) is 96.4 Å². The molecule has 1 spiro atoms. The number of rotatable bonds is 3. The van der Waals surface area contributed by atoms with Crippen molar-refractivity contribution in [2.75, 3.05) is 31.1 Å². The number of likely N-dealkylation sites (tertiary alicyclic amines) is 2. The Kier molecular flexibility index (Phi) is 7.71. The molecular weight excluding hydrogens is 489 g/mol. The Morgan fingerprint density at radius 3 is 2.05 bits per heavy atom. The van der Waals surface area contributed by atoms with Gasteiger partial charge in [0.15, 0.2) is 0 Å². The quantitative estimate of drug-likeness (QED) is 0.540. The van der Waals surface area contributed by atoms with E-state index < -0.39 is 23.7 Å². The van der Waals surface area contributed by atoms with E-state index in [9.17, 15) is 9.59 Å². The van der Waals surface area contributed by atoms with Crippen molar-refractivity contribution in [2.24, 2.45) is 0 Å². The molecule has 0 aromatic heterocycles. The Balaban J connectivity index is 0.00000151. The Morgan fingerprint density at radius 2 is 1.49 bits per heavy atom. The van der Waals surface area contributed by atoms with Gasteiger partial charge in [0, 0.05) is 37.8 Å². The predicted molar refractivity (Wildman–Crippen MR) is 156 cm³/mol. The SMILES string of the molecule is CC.CC(=O)N1CCC2(CC1)C(=O)N(C1CC(N3CCCCC3)C1)c1cc(B3OC(C)(C)C(C)(C)O3)ccc12. The zero-order chi connectivity index (χ0) is 28.2. The molecule has 1 aromatic rings. The fourth-order valence-corrected chi connectivity index (χ4v) is 7.13. The first kappa shape index (κ1) is 28.6. The fourth-order valence-electron chi connectivity index (χ4n) is 7.13. The lowest BCUT2D eigenvalue weighted by molar-refractivity contribution is -0.134. The topological polar surface area (TPSA) is 62.3 Å². The highest BCUT2D eigenvalue weighted by Crippen LogP contribution is 2.51. The number of nitrogens with zero attached hydrogens (tertiary/aromatic N) is 3. The number of amides is 2. The third-order valence-electron chi connectivity index (χ3n) is 10.4. The summed E-state index contributed by atoms with van der Waals surface area (Å²) in [5, 5.41) is 0. The molecule has 0 bridgehead atoms. The van der Waals surface area contributed by atoms with Gasteiger partial charge in [-0.1, -0.05) is 32.4 Å². The van der Waals surface area contributed by atoms with Crippen LogP contribution < -0.4 is 10.4 Å². The number of hydrogen-bond donors (Lipinski definition) is 0. The predicted octanol–water partition coefficient (Wildman–Crippen LogP) is 4.26. The zero-order valence-corrected chi connectivity index (χ0v) is 25.2. The molecular formula is C31H48BN3O4. The van der Waals surface area contributed by atoms with Gasteiger partial charge in [-0.15, -0.1) is 0 Å². The van der Waals surface area contributed by atoms with Gasteiger partial charge in [0.25, 0.3) is 0 Å². The van der Waals surface area contributed by atoms with E-state index in [0.717, 1.165) is 29.6 Å². The van der Waals surface area contributed by atoms with Gasteiger partial charge in [-0.25, -0.2) is 0 Å². The molecule has 2 amide bonds. The third-order valence-corrected chi connectivity index (χ3v) is 10.4. The highest BCUT2D eigenvalue weighted by atomic mass is 16.7. The van der Waals surface area contributed by atoms with E-state index in [2.05, 4.69) is 55.7 Å². The van der Waals surface area contributed by atoms with Crippen LogP contribution in [-0.2, 0) is 24.3 Å². The summed E-state index contributed by atoms with van der Waals surface area (Å²) < 4.78 is 12.7. The standard InChI is InChI=1S/C29H42BN3O4.C2H6/c1-20(34)31-15-11-29(12-16-31)24-10-9-21(30-36-27(2,3)28(4,5)37-30)17-25(24)33(26(29)35)23-18-22(19-23)32-13-7-6-8-14-32;1-2/h9-10,17,22-23H,6-8,11-16,18-19H2,1-5H3;1-2H3. The van der Waals surface area contributed by atoms with Gasteiger partial charge in [0.2, 0.25) is 11.8 Å². The molecule has 214 valence electrons. The average molecular weight is 538 g/mol. The summed E-state index contributed by atoms with van der Waals surface area (Å²) >= 11 is 0. The molecule has 4 fully saturated rings. The van der Waals surface area contributed by atoms with Gasteiger partial charge in [-0.2, -0.15) is 0 Å². The normalized spacial score (nSPS) is 29.1. The Labute approximate surface area is 235 Å². The molecule has 0 N–H and O–H groups in total. The van der Waals surface area contributed by atoms with Crippen LogP contribution in [0.5, 0.6) is 0 Å². The summed E-state index contributed by atoms with van der Waals surface area (Å²) in [7, 11) is -0.453. The van der Waals surface area contributed by atoms with Crippen LogP contribution in [0.3, 0.4) is 0 Å². The first-order valence-electron chi connectivity index (χ1n) is 15.4. The molecule has 0 radical (unpaired) electrons. The third kappa shape index (κ3) is 4.74. The molecule has 8 heteroatoms. The van der Waals surface area contributed by atoms with Crippen LogP contribution >= 0.6 is 0 Å². The highest BCUT2D eigenvalue weighted by Gasteiger charge is 2.57. The van der Waals surface area contributed by atoms with Gasteiger partial charge in [0.05, 0.1) is 16.6 Å². The molecule has 0 atom stereocenters. The minimum atomic E-state index is -0.536. The van der Waals surface area contributed by atoms with Crippen molar-refractivity contribution >= 4 is 30.1 Å². The van der Waals surface area contributed by atoms with E-state index in [-0.39, 0.29) is 17.9 Å². The monoisotopic (exact) mass is 537 g/mol. The first-order valence-corrected chi connectivity index (χ1v) is 15.4. The van der Waals surface area contributed by atoms with Crippen molar-refractivity contribution in [3.05, 3.63) is 23.8 Å². The Morgan fingerprint density at radius 1 is 0.897 bits per heavy atom. The molecule has 3 saturated heterocycles. The minimum absolute atomic E-state index is 0.0943. The van der Waals surface area contributed by atoms with Crippen molar-refractivity contribution in [2.45, 2.75) is 122 Å². The fraction of sp³-hybridized carbons (Fsp3) is 0.742. The van der Waals surface area contributed by atoms with E-state index in [1.165, 1.54) is 32.4 Å². The molecule has 4 heterocycles. The second-order valence-corrected chi connectivity index (χ2v) is 13.0. The van der Waals surface area contributed by atoms with Crippen molar-refractivity contribution in [1.29, 1.82) is 0 Å². The van der Waals surface area contributed by atoms with Crippen LogP contribution in [0.1, 0.15) is 99.0 Å². The van der Waals surface area contributed by atoms with Crippen LogP contribution in [0, 0.1) is 0 Å². The minimum Gasteiger partial charge on any atom is -0.399 e. The van der Waals surface area contributed by atoms with Gasteiger partial charge >= 0.3 is 7.12 Å². The van der Waals surface area contributed by atoms with E-state index in [0.29, 0.717) is 32.0 Å². The van der Waals surface area contributed by atoms with Crippen LogP contribution in [0.4, 0.5) is 5.69 Å². The molecule has 4 aliphatic heterocycles. The molecule has 0 unspecified atom stereocenters. The number of carbonyl (C=O) groups excluding carboxylic acids is 2. The molecule has 39 heavy (non-hydrogen) atoms. The molecule has 6 rings (SSSR count). The van der Waals surface area contributed by atoms with Crippen LogP contribution in [-0.4, -0.2) is 78.2 Å². The van der Waals surface area contributed by atoms with Gasteiger partial charge < -0.3 is 24.0 Å². The summed E-state index contributed by atoms with van der Waals surface area (Å²) in [6, 6.07) is 7.22. The maximum atomic E-state index is 14.3. The van der Waals surface area contributed by atoms with E-state index >= 15 is 0 Å². The summed E-state index contributed by atoms with van der Waals surface area (Å²) in [5.74, 6) is 0.329. The average Bonchev–Trinajstić information content (AvgIpc) is 3.26. The van der Waals surface area contributed by atoms with Crippen LogP contribution in [0.2, 0.25) is 0 Å². The second kappa shape index (κ2) is 10.5. The molecule has 5 aliphatic rings. The summed E-state index contributed by atoms with van der Waals surface area (Å²) in [6.07, 6.45) is 7.38. The van der Waals surface area contributed by atoms with Crippen molar-refractivity contribution in [1.82, 2.24) is 9.80 Å². The maximum Gasteiger partial charge on any atom is 0.494 e. The van der Waals surface area contributed by atoms with Crippen LogP contribution in [0.25, 0.3) is 0 Å². The largest absolute Gasteiger partial charge is 0.494 e. The first-order chi connectivity index (χ1) is 18.5. The molecule has 1 aliphatic carbocycles. The van der Waals surface area contributed by atoms with Gasteiger partial charge in [-0.3, -0.25) is 9.59 Å². The lowest BCUT2D eigenvalue weighted by Crippen LogP contribution is -2.58. The number of benzene rings is 1. The van der Waals surface area contributed by atoms with Crippen molar-refractivity contribution < 1.29 is 18.9 Å². The van der Waals surface area contributed by atoms with Crippen LogP contribution in [0.15, 0.2) is 18.2 Å². The Bertz CT molecular complexity index is 1070. The molecule has 7 nitrogen and oxygen atoms in total. The number of piperidine rings is 2. The summed E-state index contributed by atoms with van der Waals surface area (Å²) in [4.78, 5) is 33.0. The number of hydrogen-bond acceptors (Lipinski definition) is 5. The van der Waals surface area contributed by atoms with Crippen molar-refractivity contribution in [3.63, 3.8) is 0 Å². The highest BCUT2D eigenvalue weighted by molar-refractivity contribution is 6.62. The van der Waals surface area contributed by atoms with E-state index in [4.69, 9.17) is 9.31 Å². The zero-order valence-electron chi connectivity index (χ0n) is 25.2. The Hall–Kier alpha value is -1.90. The molecule has 1 saturated carbocycles. The summed E-state index contributed by atoms with van der Waals surface area (Å²) in [6.45, 7) is 17.6. The lowest BCUT2D eigenvalue weighted by atomic mass is 9.71. The smallest absolute Gasteiger partial charge is 0.399 e. The van der Waals surface area contributed by atoms with Gasteiger partial charge in [0.1, 0.15) is 0 Å². The van der Waals surface area contributed by atoms with E-state index in [1.807, 2.05) is 18.7 Å². The van der Waals surface area contributed by atoms with E-state index in [1.54, 1.807) is 6.92 Å². The molecule has 1 aromatic carbocycles. The lowest BCUT2D eigenvalue weighted by Gasteiger charge is -2.48. The maximum absolute atomic E-state index is 14.3. The number of fused-ring (bicyclic) bond motifs is 2. The van der Waals surface area contributed by atoms with Crippen molar-refractivity contribution in [3.8, 4) is 0 Å². The summed E-state index contributed by atoms with van der Waals surface area (Å²) in [5.41, 5.74) is 1.77. The number of carbonyl (C=O) groups is 2. The number of anilines is 1. The second-order valence-electron chi connectivity index (χ2n) is 13.0.